The van der Waals surface area contributed by atoms with Crippen molar-refractivity contribution in [2.75, 3.05) is 5.73 Å². The molecule has 4 aliphatic carbocycles. The predicted octanol–water partition coefficient (Wildman–Crippen LogP) is 2.78. The molecule has 0 unspecified atom stereocenters. The molecule has 4 N–H and O–H groups in total. The molecule has 136 valence electrons. The van der Waals surface area contributed by atoms with E-state index in [1.165, 1.54) is 38.5 Å². The molecule has 1 aromatic carbocycles. The molecule has 6 nitrogen and oxygen atoms in total. The van der Waals surface area contributed by atoms with Crippen LogP contribution in [0.5, 0.6) is 0 Å². The number of hydrogen-bond acceptors (Lipinski definition) is 4. The number of carbonyl (C=O) groups excluding carboxylic acids is 1. The second-order valence-corrected chi connectivity index (χ2v) is 8.61. The van der Waals surface area contributed by atoms with E-state index in [9.17, 15) is 4.79 Å². The summed E-state index contributed by atoms with van der Waals surface area (Å²) >= 11 is 0. The van der Waals surface area contributed by atoms with Crippen molar-refractivity contribution in [2.45, 2.75) is 50.5 Å². The number of aromatic nitrogens is 3. The molecule has 6 rings (SSSR count). The summed E-state index contributed by atoms with van der Waals surface area (Å²) in [7, 11) is 0. The van der Waals surface area contributed by atoms with E-state index in [1.54, 1.807) is 24.3 Å². The maximum absolute atomic E-state index is 12.2. The number of nitrogen functional groups attached to an aromatic ring is 1. The maximum atomic E-state index is 12.2. The van der Waals surface area contributed by atoms with Crippen LogP contribution in [0.25, 0.3) is 0 Å². The molecule has 0 radical (unpaired) electrons. The smallest absolute Gasteiger partial charge is 0.251 e. The van der Waals surface area contributed by atoms with Gasteiger partial charge in [-0.1, -0.05) is 0 Å². The lowest BCUT2D eigenvalue weighted by atomic mass is 9.49. The second-order valence-electron chi connectivity index (χ2n) is 8.61. The van der Waals surface area contributed by atoms with Gasteiger partial charge in [-0.2, -0.15) is 5.10 Å². The molecule has 0 aliphatic heterocycles. The molecule has 1 heterocycles. The molecule has 2 aromatic rings. The highest BCUT2D eigenvalue weighted by molar-refractivity contribution is 5.94. The van der Waals surface area contributed by atoms with E-state index < -0.39 is 0 Å². The van der Waals surface area contributed by atoms with Crippen molar-refractivity contribution in [3.63, 3.8) is 0 Å². The van der Waals surface area contributed by atoms with Gasteiger partial charge >= 0.3 is 0 Å². The quantitative estimate of drug-likeness (QED) is 0.738. The Bertz CT molecular complexity index is 790. The van der Waals surface area contributed by atoms with Crippen LogP contribution in [0.15, 0.2) is 24.3 Å². The van der Waals surface area contributed by atoms with Crippen molar-refractivity contribution in [2.24, 2.45) is 17.8 Å². The van der Waals surface area contributed by atoms with Gasteiger partial charge in [-0.25, -0.2) is 4.98 Å². The van der Waals surface area contributed by atoms with Gasteiger partial charge in [0.25, 0.3) is 5.91 Å². The number of hydrogen-bond donors (Lipinski definition) is 3. The zero-order valence-corrected chi connectivity index (χ0v) is 14.9. The number of nitrogens with one attached hydrogen (secondary N) is 2. The van der Waals surface area contributed by atoms with Crippen molar-refractivity contribution >= 4 is 11.6 Å². The third kappa shape index (κ3) is 2.68. The number of carbonyl (C=O) groups is 1. The van der Waals surface area contributed by atoms with Crippen LogP contribution in [-0.4, -0.2) is 21.1 Å². The zero-order chi connectivity index (χ0) is 17.7. The first-order valence-corrected chi connectivity index (χ1v) is 9.65. The van der Waals surface area contributed by atoms with Crippen LogP contribution < -0.4 is 11.1 Å². The SMILES string of the molecule is Nc1ccc(C(=O)NCc2nc(C34CC5CC(CC(C5)C3)C4)n[nH]2)cc1. The Labute approximate surface area is 153 Å². The van der Waals surface area contributed by atoms with Gasteiger partial charge in [0.05, 0.1) is 6.54 Å². The fraction of sp³-hybridized carbons (Fsp3) is 0.550. The maximum Gasteiger partial charge on any atom is 0.251 e. The highest BCUT2D eigenvalue weighted by Crippen LogP contribution is 2.60. The molecule has 1 amide bonds. The van der Waals surface area contributed by atoms with E-state index in [1.807, 2.05) is 0 Å². The van der Waals surface area contributed by atoms with Crippen molar-refractivity contribution < 1.29 is 4.79 Å². The summed E-state index contributed by atoms with van der Waals surface area (Å²) in [5, 5.41) is 10.5. The van der Waals surface area contributed by atoms with E-state index >= 15 is 0 Å². The van der Waals surface area contributed by atoms with E-state index in [0.717, 1.165) is 29.4 Å². The average molecular weight is 351 g/mol. The summed E-state index contributed by atoms with van der Waals surface area (Å²) < 4.78 is 0. The van der Waals surface area contributed by atoms with Crippen LogP contribution in [0.1, 0.15) is 60.5 Å². The van der Waals surface area contributed by atoms with Gasteiger partial charge in [-0.05, 0) is 80.5 Å². The van der Waals surface area contributed by atoms with E-state index in [-0.39, 0.29) is 11.3 Å². The standard InChI is InChI=1S/C20H25N5O/c21-16-3-1-15(2-4-16)18(26)22-11-17-23-19(25-24-17)20-8-12-5-13(9-20)7-14(6-12)10-20/h1-4,12-14H,5-11,21H2,(H,22,26)(H,23,24,25). The molecule has 6 heteroatoms. The topological polar surface area (TPSA) is 96.7 Å². The zero-order valence-electron chi connectivity index (χ0n) is 14.9. The van der Waals surface area contributed by atoms with Crippen LogP contribution in [0.3, 0.4) is 0 Å². The molecule has 4 bridgehead atoms. The number of nitrogens with zero attached hydrogens (tertiary/aromatic N) is 2. The molecule has 4 aliphatic rings. The van der Waals surface area contributed by atoms with Gasteiger partial charge < -0.3 is 11.1 Å². The number of nitrogens with two attached hydrogens (primary N) is 1. The highest BCUT2D eigenvalue weighted by atomic mass is 16.1. The summed E-state index contributed by atoms with van der Waals surface area (Å²) in [4.78, 5) is 17.0. The van der Waals surface area contributed by atoms with Gasteiger partial charge in [-0.3, -0.25) is 9.89 Å². The minimum atomic E-state index is -0.127. The molecular weight excluding hydrogens is 326 g/mol. The number of amides is 1. The Hall–Kier alpha value is -2.37. The predicted molar refractivity (Wildman–Crippen MR) is 98.3 cm³/mol. The Morgan fingerprint density at radius 2 is 1.73 bits per heavy atom. The normalized spacial score (nSPS) is 31.9. The molecule has 0 spiro atoms. The summed E-state index contributed by atoms with van der Waals surface area (Å²) in [5.74, 6) is 4.20. The van der Waals surface area contributed by atoms with Crippen molar-refractivity contribution in [3.8, 4) is 0 Å². The molecule has 0 atom stereocenters. The van der Waals surface area contributed by atoms with Crippen molar-refractivity contribution in [1.29, 1.82) is 0 Å². The van der Waals surface area contributed by atoms with Crippen LogP contribution in [-0.2, 0) is 12.0 Å². The van der Waals surface area contributed by atoms with Gasteiger partial charge in [0.2, 0.25) is 0 Å². The lowest BCUT2D eigenvalue weighted by Gasteiger charge is -2.55. The first kappa shape index (κ1) is 15.9. The number of H-pyrrole nitrogens is 1. The summed E-state index contributed by atoms with van der Waals surface area (Å²) in [6.07, 6.45) is 7.97. The van der Waals surface area contributed by atoms with Crippen molar-refractivity contribution in [3.05, 3.63) is 41.5 Å². The number of rotatable bonds is 4. The fourth-order valence-corrected chi connectivity index (χ4v) is 5.90. The Kier molecular flexibility index (Phi) is 3.55. The Balaban J connectivity index is 1.27. The van der Waals surface area contributed by atoms with E-state index in [4.69, 9.17) is 10.7 Å². The third-order valence-electron chi connectivity index (χ3n) is 6.63. The summed E-state index contributed by atoms with van der Waals surface area (Å²) in [5.41, 5.74) is 7.10. The molecule has 1 aromatic heterocycles. The van der Waals surface area contributed by atoms with Gasteiger partial charge in [0.1, 0.15) is 5.82 Å². The van der Waals surface area contributed by atoms with E-state index in [2.05, 4.69) is 15.5 Å². The Morgan fingerprint density at radius 3 is 2.35 bits per heavy atom. The molecule has 26 heavy (non-hydrogen) atoms. The molecule has 0 saturated heterocycles. The second kappa shape index (κ2) is 5.83. The molecular formula is C20H25N5O. The lowest BCUT2D eigenvalue weighted by Crippen LogP contribution is -2.49. The minimum absolute atomic E-state index is 0.127. The van der Waals surface area contributed by atoms with Crippen LogP contribution in [0.2, 0.25) is 0 Å². The largest absolute Gasteiger partial charge is 0.399 e. The molecule has 4 fully saturated rings. The van der Waals surface area contributed by atoms with E-state index in [0.29, 0.717) is 17.8 Å². The summed E-state index contributed by atoms with van der Waals surface area (Å²) in [6.45, 7) is 0.364. The first-order valence-electron chi connectivity index (χ1n) is 9.65. The first-order chi connectivity index (χ1) is 12.6. The lowest BCUT2D eigenvalue weighted by molar-refractivity contribution is -0.00925. The third-order valence-corrected chi connectivity index (χ3v) is 6.63. The number of anilines is 1. The van der Waals surface area contributed by atoms with Crippen molar-refractivity contribution in [1.82, 2.24) is 20.5 Å². The minimum Gasteiger partial charge on any atom is -0.399 e. The highest BCUT2D eigenvalue weighted by Gasteiger charge is 2.53. The van der Waals surface area contributed by atoms with Gasteiger partial charge in [0, 0.05) is 16.7 Å². The molecule has 4 saturated carbocycles. The fourth-order valence-electron chi connectivity index (χ4n) is 5.90. The summed E-state index contributed by atoms with van der Waals surface area (Å²) in [6, 6.07) is 6.92. The van der Waals surface area contributed by atoms with Crippen LogP contribution in [0.4, 0.5) is 5.69 Å². The Morgan fingerprint density at radius 1 is 1.12 bits per heavy atom. The van der Waals surface area contributed by atoms with Gasteiger partial charge in [-0.15, -0.1) is 0 Å². The van der Waals surface area contributed by atoms with Gasteiger partial charge in [0.15, 0.2) is 5.82 Å². The number of aromatic amines is 1. The van der Waals surface area contributed by atoms with Crippen LogP contribution >= 0.6 is 0 Å². The van der Waals surface area contributed by atoms with Crippen LogP contribution in [0, 0.1) is 17.8 Å². The number of benzene rings is 1. The average Bonchev–Trinajstić information content (AvgIpc) is 3.09. The monoisotopic (exact) mass is 351 g/mol.